The van der Waals surface area contributed by atoms with Gasteiger partial charge in [0.25, 0.3) is 0 Å². The van der Waals surface area contributed by atoms with Gasteiger partial charge in [-0.15, -0.1) is 0 Å². The molecule has 2 N–H and O–H groups in total. The minimum Gasteiger partial charge on any atom is -0.508 e. The fourth-order valence-corrected chi connectivity index (χ4v) is 2.77. The summed E-state index contributed by atoms with van der Waals surface area (Å²) in [7, 11) is 0. The Morgan fingerprint density at radius 1 is 1.05 bits per heavy atom. The second-order valence-corrected chi connectivity index (χ2v) is 5.20. The molecule has 0 saturated carbocycles. The third kappa shape index (κ3) is 2.33. The summed E-state index contributed by atoms with van der Waals surface area (Å²) in [6, 6.07) is 13.5. The molecule has 0 fully saturated rings. The third-order valence-electron chi connectivity index (χ3n) is 3.87. The normalized spacial score (nSPS) is 12.4. The number of para-hydroxylation sites is 1. The lowest BCUT2D eigenvalue weighted by atomic mass is 9.89. The first-order chi connectivity index (χ1) is 10.6. The van der Waals surface area contributed by atoms with E-state index >= 15 is 0 Å². The van der Waals surface area contributed by atoms with Crippen LogP contribution in [0.2, 0.25) is 0 Å². The lowest BCUT2D eigenvalue weighted by Gasteiger charge is -2.16. The first-order valence-electron chi connectivity index (χ1n) is 7.15. The number of hydrogen-bond acceptors (Lipinski definition) is 4. The van der Waals surface area contributed by atoms with E-state index in [-0.39, 0.29) is 23.0 Å². The highest BCUT2D eigenvalue weighted by Gasteiger charge is 2.23. The molecule has 0 radical (unpaired) electrons. The van der Waals surface area contributed by atoms with Crippen molar-refractivity contribution in [3.63, 3.8) is 0 Å². The summed E-state index contributed by atoms with van der Waals surface area (Å²) >= 11 is 0. The van der Waals surface area contributed by atoms with Crippen LogP contribution in [0.3, 0.4) is 0 Å². The Hall–Kier alpha value is -2.75. The van der Waals surface area contributed by atoms with Crippen LogP contribution >= 0.6 is 0 Å². The predicted molar refractivity (Wildman–Crippen MR) is 84.4 cm³/mol. The summed E-state index contributed by atoms with van der Waals surface area (Å²) in [5.41, 5.74) is 0.940. The highest BCUT2D eigenvalue weighted by atomic mass is 16.4. The van der Waals surface area contributed by atoms with Crippen molar-refractivity contribution in [3.05, 3.63) is 70.1 Å². The van der Waals surface area contributed by atoms with Gasteiger partial charge in [0.2, 0.25) is 0 Å². The molecule has 0 spiro atoms. The Kier molecular flexibility index (Phi) is 3.59. The average molecular weight is 296 g/mol. The van der Waals surface area contributed by atoms with Crippen LogP contribution in [0.25, 0.3) is 11.0 Å². The number of fused-ring (bicyclic) bond motifs is 1. The average Bonchev–Trinajstić information content (AvgIpc) is 2.52. The Bertz CT molecular complexity index is 862. The number of benzene rings is 2. The second-order valence-electron chi connectivity index (χ2n) is 5.20. The molecule has 4 heteroatoms. The van der Waals surface area contributed by atoms with Gasteiger partial charge in [-0.25, -0.2) is 4.79 Å². The van der Waals surface area contributed by atoms with Gasteiger partial charge < -0.3 is 14.6 Å². The van der Waals surface area contributed by atoms with Crippen LogP contribution in [0, 0.1) is 0 Å². The molecule has 1 unspecified atom stereocenters. The zero-order valence-electron chi connectivity index (χ0n) is 12.1. The summed E-state index contributed by atoms with van der Waals surface area (Å²) in [4.78, 5) is 12.3. The monoisotopic (exact) mass is 296 g/mol. The van der Waals surface area contributed by atoms with Gasteiger partial charge in [0, 0.05) is 5.92 Å². The molecule has 3 rings (SSSR count). The van der Waals surface area contributed by atoms with Gasteiger partial charge in [-0.3, -0.25) is 0 Å². The summed E-state index contributed by atoms with van der Waals surface area (Å²) in [5, 5.41) is 20.5. The van der Waals surface area contributed by atoms with E-state index in [1.165, 1.54) is 0 Å². The lowest BCUT2D eigenvalue weighted by molar-refractivity contribution is 0.450. The van der Waals surface area contributed by atoms with Crippen molar-refractivity contribution in [2.75, 3.05) is 0 Å². The largest absolute Gasteiger partial charge is 0.508 e. The van der Waals surface area contributed by atoms with Crippen LogP contribution in [-0.2, 0) is 0 Å². The summed E-state index contributed by atoms with van der Waals surface area (Å²) < 4.78 is 5.34. The summed E-state index contributed by atoms with van der Waals surface area (Å²) in [6.45, 7) is 1.94. The molecule has 0 aliphatic carbocycles. The van der Waals surface area contributed by atoms with Crippen LogP contribution in [0.4, 0.5) is 0 Å². The van der Waals surface area contributed by atoms with E-state index in [0.29, 0.717) is 17.4 Å². The van der Waals surface area contributed by atoms with E-state index in [0.717, 1.165) is 5.56 Å². The van der Waals surface area contributed by atoms with E-state index in [1.54, 1.807) is 48.5 Å². The molecular formula is C18H16O4. The van der Waals surface area contributed by atoms with Crippen LogP contribution in [0.5, 0.6) is 11.5 Å². The molecule has 22 heavy (non-hydrogen) atoms. The number of phenols is 1. The third-order valence-corrected chi connectivity index (χ3v) is 3.87. The molecule has 4 nitrogen and oxygen atoms in total. The Morgan fingerprint density at radius 3 is 2.41 bits per heavy atom. The molecule has 1 atom stereocenters. The Labute approximate surface area is 127 Å². The summed E-state index contributed by atoms with van der Waals surface area (Å²) in [5.74, 6) is -0.165. The zero-order valence-corrected chi connectivity index (χ0v) is 12.1. The fraction of sp³-hybridized carbons (Fsp3) is 0.167. The fourth-order valence-electron chi connectivity index (χ4n) is 2.77. The molecule has 0 saturated heterocycles. The molecule has 3 aromatic rings. The van der Waals surface area contributed by atoms with Crippen LogP contribution < -0.4 is 5.63 Å². The molecule has 0 aliphatic rings. The first kappa shape index (κ1) is 14.2. The van der Waals surface area contributed by atoms with Crippen LogP contribution in [0.1, 0.15) is 30.4 Å². The van der Waals surface area contributed by atoms with Gasteiger partial charge in [0.1, 0.15) is 17.1 Å². The highest BCUT2D eigenvalue weighted by Crippen LogP contribution is 2.36. The number of phenolic OH excluding ortho intramolecular Hbond substituents is 1. The number of rotatable bonds is 3. The van der Waals surface area contributed by atoms with Gasteiger partial charge in [0.15, 0.2) is 0 Å². The van der Waals surface area contributed by atoms with Gasteiger partial charge >= 0.3 is 5.63 Å². The van der Waals surface area contributed by atoms with Gasteiger partial charge in [-0.2, -0.15) is 0 Å². The lowest BCUT2D eigenvalue weighted by Crippen LogP contribution is -2.13. The molecule has 0 aliphatic heterocycles. The predicted octanol–water partition coefficient (Wildman–Crippen LogP) is 3.75. The quantitative estimate of drug-likeness (QED) is 0.722. The molecule has 2 aromatic carbocycles. The minimum atomic E-state index is -0.531. The van der Waals surface area contributed by atoms with E-state index < -0.39 is 5.63 Å². The maximum absolute atomic E-state index is 12.3. The van der Waals surface area contributed by atoms with Crippen molar-refractivity contribution in [1.82, 2.24) is 0 Å². The summed E-state index contributed by atoms with van der Waals surface area (Å²) in [6.07, 6.45) is 0.626. The Balaban J connectivity index is 2.23. The smallest absolute Gasteiger partial charge is 0.343 e. The second kappa shape index (κ2) is 5.56. The van der Waals surface area contributed by atoms with Gasteiger partial charge in [-0.05, 0) is 36.2 Å². The minimum absolute atomic E-state index is 0.0354. The van der Waals surface area contributed by atoms with Crippen molar-refractivity contribution < 1.29 is 14.6 Å². The molecule has 1 heterocycles. The van der Waals surface area contributed by atoms with Crippen molar-refractivity contribution in [2.45, 2.75) is 19.3 Å². The number of aromatic hydroxyl groups is 2. The van der Waals surface area contributed by atoms with E-state index in [9.17, 15) is 15.0 Å². The molecule has 1 aromatic heterocycles. The van der Waals surface area contributed by atoms with E-state index in [1.807, 2.05) is 6.92 Å². The molecular weight excluding hydrogens is 280 g/mol. The SMILES string of the molecule is CCC(c1ccc(O)cc1)c1c(O)c2ccccc2oc1=O. The van der Waals surface area contributed by atoms with Crippen molar-refractivity contribution in [1.29, 1.82) is 0 Å². The standard InChI is InChI=1S/C18H16O4/c1-2-13(11-7-9-12(19)10-8-11)16-17(20)14-5-3-4-6-15(14)22-18(16)21/h3-10,13,19-20H,2H2,1H3. The first-order valence-corrected chi connectivity index (χ1v) is 7.15. The highest BCUT2D eigenvalue weighted by molar-refractivity contribution is 5.84. The van der Waals surface area contributed by atoms with E-state index in [4.69, 9.17) is 4.42 Å². The number of hydrogen-bond donors (Lipinski definition) is 2. The molecule has 0 amide bonds. The van der Waals surface area contributed by atoms with Crippen LogP contribution in [-0.4, -0.2) is 10.2 Å². The van der Waals surface area contributed by atoms with Crippen molar-refractivity contribution >= 4 is 11.0 Å². The molecule has 112 valence electrons. The van der Waals surface area contributed by atoms with E-state index in [2.05, 4.69) is 0 Å². The zero-order chi connectivity index (χ0) is 15.7. The van der Waals surface area contributed by atoms with Gasteiger partial charge in [-0.1, -0.05) is 31.2 Å². The van der Waals surface area contributed by atoms with Crippen LogP contribution in [0.15, 0.2) is 57.7 Å². The maximum atomic E-state index is 12.3. The molecule has 0 bridgehead atoms. The van der Waals surface area contributed by atoms with Gasteiger partial charge in [0.05, 0.1) is 10.9 Å². The van der Waals surface area contributed by atoms with Crippen molar-refractivity contribution in [3.8, 4) is 11.5 Å². The maximum Gasteiger partial charge on any atom is 0.343 e. The van der Waals surface area contributed by atoms with Crippen molar-refractivity contribution in [2.24, 2.45) is 0 Å². The topological polar surface area (TPSA) is 70.7 Å². The Morgan fingerprint density at radius 2 is 1.73 bits per heavy atom.